The quantitative estimate of drug-likeness (QED) is 0.118. The van der Waals surface area contributed by atoms with Gasteiger partial charge in [0.15, 0.2) is 0 Å². The van der Waals surface area contributed by atoms with Crippen LogP contribution in [0.2, 0.25) is 19.6 Å². The van der Waals surface area contributed by atoms with E-state index in [1.54, 1.807) is 0 Å². The molecule has 0 amide bonds. The summed E-state index contributed by atoms with van der Waals surface area (Å²) < 4.78 is 8.59. The van der Waals surface area contributed by atoms with Crippen LogP contribution in [0, 0.1) is 18.1 Å². The maximum atomic E-state index is 6.38. The largest absolute Gasteiger partial charge is 0.486 e. The standard InChI is InChI=1S/C31H28N3O.C18H24NSi.Ir/c1-19(2)25-18-17-23-22-9-8-10-24(28(22)35-30(23)33-25)29-32-26-11-6-7-12-27(26)34(29)21-15-13-20(14-16-21)31(3,4)5;1-14(2)11-16-12-17(15-9-7-6-8-10-15)19-13-18(16)20(3,4)5;/h6-9,11-19H,1-5H3;6-9,12-14H,11H2,1-5H3;/q2*-1;. The predicted molar refractivity (Wildman–Crippen MR) is 233 cm³/mol. The van der Waals surface area contributed by atoms with E-state index in [4.69, 9.17) is 14.4 Å². The zero-order chi connectivity index (χ0) is 39.1. The van der Waals surface area contributed by atoms with Crippen molar-refractivity contribution < 1.29 is 24.5 Å². The average Bonchev–Trinajstić information content (AvgIpc) is 3.73. The monoisotopic (exact) mass is 933 g/mol. The Morgan fingerprint density at radius 1 is 0.786 bits per heavy atom. The van der Waals surface area contributed by atoms with Crippen molar-refractivity contribution in [2.24, 2.45) is 5.92 Å². The number of benzene rings is 4. The van der Waals surface area contributed by atoms with Crippen molar-refractivity contribution in [2.75, 3.05) is 0 Å². The number of para-hydroxylation sites is 2. The molecule has 7 heteroatoms. The van der Waals surface area contributed by atoms with Crippen LogP contribution >= 0.6 is 0 Å². The molecule has 0 aliphatic heterocycles. The van der Waals surface area contributed by atoms with Crippen molar-refractivity contribution in [2.45, 2.75) is 85.9 Å². The molecule has 0 atom stereocenters. The third-order valence-electron chi connectivity index (χ3n) is 10.1. The van der Waals surface area contributed by atoms with E-state index in [0.717, 1.165) is 67.8 Å². The van der Waals surface area contributed by atoms with E-state index >= 15 is 0 Å². The maximum absolute atomic E-state index is 6.38. The van der Waals surface area contributed by atoms with Crippen LogP contribution in [0.3, 0.4) is 0 Å². The summed E-state index contributed by atoms with van der Waals surface area (Å²) in [6, 6.07) is 42.2. The zero-order valence-corrected chi connectivity index (χ0v) is 37.7. The van der Waals surface area contributed by atoms with Gasteiger partial charge >= 0.3 is 0 Å². The third kappa shape index (κ3) is 8.51. The number of nitrogens with zero attached hydrogens (tertiary/aromatic N) is 4. The molecular weight excluding hydrogens is 881 g/mol. The Hall–Kier alpha value is -4.68. The Morgan fingerprint density at radius 3 is 2.18 bits per heavy atom. The van der Waals surface area contributed by atoms with Crippen molar-refractivity contribution in [3.8, 4) is 28.3 Å². The fourth-order valence-electron chi connectivity index (χ4n) is 7.17. The van der Waals surface area contributed by atoms with Crippen LogP contribution in [-0.2, 0) is 31.9 Å². The second-order valence-corrected chi connectivity index (χ2v) is 22.4. The van der Waals surface area contributed by atoms with E-state index in [0.29, 0.717) is 17.5 Å². The molecule has 0 aliphatic carbocycles. The Bertz CT molecular complexity index is 2590. The number of imidazole rings is 1. The minimum atomic E-state index is -1.34. The van der Waals surface area contributed by atoms with Gasteiger partial charge in [0, 0.05) is 43.1 Å². The number of aromatic nitrogens is 4. The molecule has 0 bridgehead atoms. The molecule has 0 aliphatic rings. The molecule has 5 nitrogen and oxygen atoms in total. The van der Waals surface area contributed by atoms with Crippen LogP contribution in [-0.4, -0.2) is 27.6 Å². The van der Waals surface area contributed by atoms with Gasteiger partial charge in [-0.05, 0) is 76.5 Å². The third-order valence-corrected chi connectivity index (χ3v) is 12.2. The van der Waals surface area contributed by atoms with Gasteiger partial charge in [0.05, 0.1) is 30.5 Å². The van der Waals surface area contributed by atoms with Gasteiger partial charge in [0.1, 0.15) is 0 Å². The Balaban J connectivity index is 0.000000217. The van der Waals surface area contributed by atoms with E-state index in [-0.39, 0.29) is 25.5 Å². The predicted octanol–water partition coefficient (Wildman–Crippen LogP) is 12.5. The zero-order valence-electron chi connectivity index (χ0n) is 34.3. The first-order valence-corrected chi connectivity index (χ1v) is 23.0. The van der Waals surface area contributed by atoms with Gasteiger partial charge in [-0.15, -0.1) is 54.1 Å². The van der Waals surface area contributed by atoms with Gasteiger partial charge < -0.3 is 14.0 Å². The Labute approximate surface area is 347 Å². The molecule has 289 valence electrons. The molecule has 4 aromatic carbocycles. The van der Waals surface area contributed by atoms with Crippen molar-refractivity contribution in [3.05, 3.63) is 138 Å². The number of hydrogen-bond acceptors (Lipinski definition) is 4. The summed E-state index contributed by atoms with van der Waals surface area (Å²) >= 11 is 0. The van der Waals surface area contributed by atoms with E-state index in [1.807, 2.05) is 42.5 Å². The first-order valence-electron chi connectivity index (χ1n) is 19.5. The maximum Gasteiger partial charge on any atom is 0.216 e. The normalized spacial score (nSPS) is 12.0. The second-order valence-electron chi connectivity index (χ2n) is 17.3. The molecule has 0 saturated carbocycles. The molecule has 0 unspecified atom stereocenters. The van der Waals surface area contributed by atoms with Crippen LogP contribution in [0.4, 0.5) is 0 Å². The van der Waals surface area contributed by atoms with Crippen molar-refractivity contribution in [1.29, 1.82) is 0 Å². The van der Waals surface area contributed by atoms with E-state index in [1.165, 1.54) is 16.3 Å². The average molecular weight is 933 g/mol. The van der Waals surface area contributed by atoms with E-state index in [2.05, 4.69) is 157 Å². The number of furan rings is 1. The number of pyridine rings is 2. The Morgan fingerprint density at radius 2 is 1.52 bits per heavy atom. The van der Waals surface area contributed by atoms with E-state index < -0.39 is 8.07 Å². The van der Waals surface area contributed by atoms with Gasteiger partial charge in [0.2, 0.25) is 5.71 Å². The summed E-state index contributed by atoms with van der Waals surface area (Å²) in [6.45, 7) is 22.7. The van der Waals surface area contributed by atoms with Crippen LogP contribution in [0.5, 0.6) is 0 Å². The first-order chi connectivity index (χ1) is 26.2. The summed E-state index contributed by atoms with van der Waals surface area (Å²) in [5, 5.41) is 3.53. The summed E-state index contributed by atoms with van der Waals surface area (Å²) in [4.78, 5) is 14.5. The molecule has 56 heavy (non-hydrogen) atoms. The first kappa shape index (κ1) is 41.0. The fourth-order valence-corrected chi connectivity index (χ4v) is 8.76. The molecule has 4 heterocycles. The van der Waals surface area contributed by atoms with Crippen molar-refractivity contribution in [3.63, 3.8) is 0 Å². The number of hydrogen-bond donors (Lipinski definition) is 0. The summed E-state index contributed by atoms with van der Waals surface area (Å²) in [7, 11) is -1.34. The SMILES string of the molecule is CC(C)Cc1cc(-c2[c-]cccc2)ncc1[Si](C)(C)C.CC(C)c1ccc2c(n1)oc1c(-c3nc4ccccc4n3-c3ccc(C(C)(C)C)cc3)[c-]ccc12.[Ir]. The summed E-state index contributed by atoms with van der Waals surface area (Å²) in [5.41, 5.74) is 11.3. The molecule has 0 saturated heterocycles. The van der Waals surface area contributed by atoms with Gasteiger partial charge in [0.25, 0.3) is 0 Å². The van der Waals surface area contributed by atoms with E-state index in [9.17, 15) is 0 Å². The van der Waals surface area contributed by atoms with Gasteiger partial charge in [-0.2, -0.15) is 0 Å². The molecule has 8 aromatic rings. The molecular formula is C49H52IrN4OSi-2. The van der Waals surface area contributed by atoms with Crippen LogP contribution < -0.4 is 5.19 Å². The minimum Gasteiger partial charge on any atom is -0.486 e. The topological polar surface area (TPSA) is 56.7 Å². The summed E-state index contributed by atoms with van der Waals surface area (Å²) in [5.74, 6) is 1.81. The van der Waals surface area contributed by atoms with Crippen molar-refractivity contribution in [1.82, 2.24) is 19.5 Å². The number of rotatable bonds is 7. The fraction of sp³-hybridized carbons (Fsp3) is 0.286. The van der Waals surface area contributed by atoms with Crippen molar-refractivity contribution >= 4 is 46.4 Å². The molecule has 8 rings (SSSR count). The summed E-state index contributed by atoms with van der Waals surface area (Å²) in [6.07, 6.45) is 3.24. The van der Waals surface area contributed by atoms with Crippen LogP contribution in [0.15, 0.2) is 114 Å². The van der Waals surface area contributed by atoms with Gasteiger partial charge in [-0.1, -0.05) is 115 Å². The molecule has 1 radical (unpaired) electrons. The second kappa shape index (κ2) is 16.4. The van der Waals surface area contributed by atoms with Crippen LogP contribution in [0.25, 0.3) is 61.4 Å². The van der Waals surface area contributed by atoms with Gasteiger partial charge in [-0.3, -0.25) is 4.98 Å². The molecule has 0 N–H and O–H groups in total. The van der Waals surface area contributed by atoms with Gasteiger partial charge in [-0.25, -0.2) is 4.98 Å². The number of fused-ring (bicyclic) bond motifs is 4. The molecule has 0 spiro atoms. The smallest absolute Gasteiger partial charge is 0.216 e. The molecule has 0 fully saturated rings. The minimum absolute atomic E-state index is 0. The molecule has 4 aromatic heterocycles. The van der Waals surface area contributed by atoms with Crippen LogP contribution in [0.1, 0.15) is 71.2 Å². The Kier molecular flexibility index (Phi) is 12.0.